The van der Waals surface area contributed by atoms with Crippen LogP contribution < -0.4 is 10.2 Å². The Labute approximate surface area is 201 Å². The molecule has 184 valence electrons. The molecule has 0 aliphatic rings. The Morgan fingerprint density at radius 1 is 0.912 bits per heavy atom. The molecule has 0 fully saturated rings. The van der Waals surface area contributed by atoms with Crippen molar-refractivity contribution in [2.75, 3.05) is 53.0 Å². The summed E-state index contributed by atoms with van der Waals surface area (Å²) in [5.41, 5.74) is 1.57. The lowest BCUT2D eigenvalue weighted by atomic mass is 10.0. The molecule has 34 heavy (non-hydrogen) atoms. The fourth-order valence-electron chi connectivity index (χ4n) is 4.46. The van der Waals surface area contributed by atoms with Crippen molar-refractivity contribution in [3.8, 4) is 5.75 Å². The topological polar surface area (TPSA) is 64.0 Å². The summed E-state index contributed by atoms with van der Waals surface area (Å²) in [6.07, 6.45) is 0. The number of fused-ring (bicyclic) bond motifs is 2. The third-order valence-electron chi connectivity index (χ3n) is 6.59. The molecule has 3 aromatic rings. The minimum Gasteiger partial charge on any atom is -0.495 e. The SMILES string of the molecule is CCN(CC)CCOC(=O)c1ccc(OC)c2c1c(=O)c1ccccc1n2CCN(CC)CC. The van der Waals surface area contributed by atoms with Gasteiger partial charge < -0.3 is 23.8 Å². The Bertz CT molecular complexity index is 1180. The molecular formula is C27H37N3O4. The van der Waals surface area contributed by atoms with E-state index in [0.29, 0.717) is 35.1 Å². The predicted octanol–water partition coefficient (Wildman–Crippen LogP) is 4.00. The molecule has 0 unspecified atom stereocenters. The average molecular weight is 468 g/mol. The van der Waals surface area contributed by atoms with Gasteiger partial charge in [-0.15, -0.1) is 0 Å². The van der Waals surface area contributed by atoms with Crippen LogP contribution in [0.25, 0.3) is 21.8 Å². The van der Waals surface area contributed by atoms with Crippen LogP contribution in [0.1, 0.15) is 38.1 Å². The monoisotopic (exact) mass is 467 g/mol. The molecule has 0 N–H and O–H groups in total. The normalized spacial score (nSPS) is 11.6. The van der Waals surface area contributed by atoms with Crippen LogP contribution in [0.2, 0.25) is 0 Å². The number of aromatic nitrogens is 1. The number of carbonyl (C=O) groups is 1. The van der Waals surface area contributed by atoms with E-state index < -0.39 is 5.97 Å². The maximum absolute atomic E-state index is 13.7. The van der Waals surface area contributed by atoms with Gasteiger partial charge in [-0.1, -0.05) is 39.8 Å². The molecule has 0 radical (unpaired) electrons. The van der Waals surface area contributed by atoms with Crippen molar-refractivity contribution in [3.05, 3.63) is 52.2 Å². The Morgan fingerprint density at radius 3 is 2.21 bits per heavy atom. The number of pyridine rings is 1. The quantitative estimate of drug-likeness (QED) is 0.296. The van der Waals surface area contributed by atoms with Crippen molar-refractivity contribution in [1.29, 1.82) is 0 Å². The number of hydrogen-bond acceptors (Lipinski definition) is 6. The van der Waals surface area contributed by atoms with Gasteiger partial charge >= 0.3 is 5.97 Å². The van der Waals surface area contributed by atoms with Crippen molar-refractivity contribution in [2.24, 2.45) is 0 Å². The van der Waals surface area contributed by atoms with E-state index in [1.54, 1.807) is 19.2 Å². The molecule has 1 aromatic heterocycles. The molecule has 0 bridgehead atoms. The summed E-state index contributed by atoms with van der Waals surface area (Å²) in [5.74, 6) is 0.0829. The lowest BCUT2D eigenvalue weighted by molar-refractivity contribution is 0.0468. The van der Waals surface area contributed by atoms with Crippen molar-refractivity contribution in [2.45, 2.75) is 34.2 Å². The first kappa shape index (κ1) is 25.7. The first-order valence-corrected chi connectivity index (χ1v) is 12.2. The second-order valence-corrected chi connectivity index (χ2v) is 8.23. The number of methoxy groups -OCH3 is 1. The van der Waals surface area contributed by atoms with E-state index in [0.717, 1.165) is 38.2 Å². The number of benzene rings is 2. The Kier molecular flexibility index (Phi) is 9.07. The van der Waals surface area contributed by atoms with Crippen molar-refractivity contribution < 1.29 is 14.3 Å². The highest BCUT2D eigenvalue weighted by Crippen LogP contribution is 2.30. The van der Waals surface area contributed by atoms with Gasteiger partial charge in [0.15, 0.2) is 5.43 Å². The minimum atomic E-state index is -0.484. The van der Waals surface area contributed by atoms with Crippen LogP contribution in [-0.2, 0) is 11.3 Å². The number of rotatable bonds is 12. The molecule has 0 aliphatic carbocycles. The Hall–Kier alpha value is -2.90. The van der Waals surface area contributed by atoms with Crippen LogP contribution in [0, 0.1) is 0 Å². The fraction of sp³-hybridized carbons (Fsp3) is 0.481. The summed E-state index contributed by atoms with van der Waals surface area (Å²) in [6.45, 7) is 14.5. The molecule has 7 heteroatoms. The van der Waals surface area contributed by atoms with Gasteiger partial charge in [0, 0.05) is 25.0 Å². The maximum atomic E-state index is 13.7. The second-order valence-electron chi connectivity index (χ2n) is 8.23. The van der Waals surface area contributed by atoms with E-state index in [1.165, 1.54) is 0 Å². The number of ether oxygens (including phenoxy) is 2. The molecule has 2 aromatic carbocycles. The molecule has 3 rings (SSSR count). The van der Waals surface area contributed by atoms with E-state index >= 15 is 0 Å². The van der Waals surface area contributed by atoms with Crippen LogP contribution in [-0.4, -0.2) is 73.3 Å². The van der Waals surface area contributed by atoms with Gasteiger partial charge in [0.05, 0.1) is 29.1 Å². The largest absolute Gasteiger partial charge is 0.495 e. The Balaban J connectivity index is 2.16. The van der Waals surface area contributed by atoms with Crippen LogP contribution >= 0.6 is 0 Å². The number of likely N-dealkylation sites (N-methyl/N-ethyl adjacent to an activating group) is 2. The number of esters is 1. The highest BCUT2D eigenvalue weighted by Gasteiger charge is 2.22. The lowest BCUT2D eigenvalue weighted by Crippen LogP contribution is -2.28. The summed E-state index contributed by atoms with van der Waals surface area (Å²) in [4.78, 5) is 31.3. The number of para-hydroxylation sites is 1. The van der Waals surface area contributed by atoms with Crippen molar-refractivity contribution in [3.63, 3.8) is 0 Å². The van der Waals surface area contributed by atoms with Crippen molar-refractivity contribution in [1.82, 2.24) is 14.4 Å². The maximum Gasteiger partial charge on any atom is 0.339 e. The van der Waals surface area contributed by atoms with Gasteiger partial charge in [-0.05, 0) is 50.4 Å². The third-order valence-corrected chi connectivity index (χ3v) is 6.59. The molecule has 1 heterocycles. The standard InChI is InChI=1S/C27H37N3O4/c1-6-28(7-2)16-17-30-22-13-11-10-12-20(22)26(31)24-21(14-15-23(33-5)25(24)30)27(32)34-19-18-29(8-3)9-4/h10-15H,6-9,16-19H2,1-5H3. The van der Waals surface area contributed by atoms with Crippen molar-refractivity contribution >= 4 is 27.8 Å². The van der Waals surface area contributed by atoms with Gasteiger partial charge in [-0.25, -0.2) is 4.79 Å². The third kappa shape index (κ3) is 5.26. The highest BCUT2D eigenvalue weighted by molar-refractivity contribution is 6.08. The van der Waals surface area contributed by atoms with E-state index in [4.69, 9.17) is 9.47 Å². The van der Waals surface area contributed by atoms with Crippen LogP contribution in [0.3, 0.4) is 0 Å². The van der Waals surface area contributed by atoms with Gasteiger partial charge in [0.2, 0.25) is 0 Å². The lowest BCUT2D eigenvalue weighted by Gasteiger charge is -2.23. The molecular weight excluding hydrogens is 430 g/mol. The van der Waals surface area contributed by atoms with Gasteiger partial charge in [-0.3, -0.25) is 4.79 Å². The first-order valence-electron chi connectivity index (χ1n) is 12.2. The molecule has 0 saturated carbocycles. The zero-order chi connectivity index (χ0) is 24.7. The van der Waals surface area contributed by atoms with Crippen LogP contribution in [0.15, 0.2) is 41.2 Å². The molecule has 7 nitrogen and oxygen atoms in total. The van der Waals surface area contributed by atoms with E-state index in [2.05, 4.69) is 42.1 Å². The molecule has 0 amide bonds. The van der Waals surface area contributed by atoms with Gasteiger partial charge in [0.1, 0.15) is 12.4 Å². The van der Waals surface area contributed by atoms with E-state index in [1.807, 2.05) is 24.3 Å². The summed E-state index contributed by atoms with van der Waals surface area (Å²) >= 11 is 0. The number of nitrogens with zero attached hydrogens (tertiary/aromatic N) is 3. The summed E-state index contributed by atoms with van der Waals surface area (Å²) in [7, 11) is 1.59. The van der Waals surface area contributed by atoms with E-state index in [-0.39, 0.29) is 17.6 Å². The zero-order valence-electron chi connectivity index (χ0n) is 21.1. The predicted molar refractivity (Wildman–Crippen MR) is 138 cm³/mol. The zero-order valence-corrected chi connectivity index (χ0v) is 21.1. The van der Waals surface area contributed by atoms with Gasteiger partial charge in [0.25, 0.3) is 0 Å². The summed E-state index contributed by atoms with van der Waals surface area (Å²) in [5, 5.41) is 0.936. The number of hydrogen-bond donors (Lipinski definition) is 0. The Morgan fingerprint density at radius 2 is 1.56 bits per heavy atom. The smallest absolute Gasteiger partial charge is 0.339 e. The molecule has 0 saturated heterocycles. The first-order chi connectivity index (χ1) is 16.5. The number of carbonyl (C=O) groups excluding carboxylic acids is 1. The summed E-state index contributed by atoms with van der Waals surface area (Å²) < 4.78 is 13.4. The van der Waals surface area contributed by atoms with E-state index in [9.17, 15) is 9.59 Å². The fourth-order valence-corrected chi connectivity index (χ4v) is 4.46. The van der Waals surface area contributed by atoms with Crippen LogP contribution in [0.5, 0.6) is 5.75 Å². The minimum absolute atomic E-state index is 0.181. The second kappa shape index (κ2) is 12.0. The summed E-state index contributed by atoms with van der Waals surface area (Å²) in [6, 6.07) is 11.0. The van der Waals surface area contributed by atoms with Gasteiger partial charge in [-0.2, -0.15) is 0 Å². The van der Waals surface area contributed by atoms with Crippen LogP contribution in [0.4, 0.5) is 0 Å². The molecule has 0 aliphatic heterocycles. The molecule has 0 atom stereocenters. The molecule has 0 spiro atoms. The highest BCUT2D eigenvalue weighted by atomic mass is 16.5. The average Bonchev–Trinajstić information content (AvgIpc) is 2.88.